The topological polar surface area (TPSA) is 50.8 Å². The highest BCUT2D eigenvalue weighted by molar-refractivity contribution is 5.78. The zero-order valence-electron chi connectivity index (χ0n) is 12.9. The summed E-state index contributed by atoms with van der Waals surface area (Å²) in [7, 11) is 0. The van der Waals surface area contributed by atoms with E-state index in [0.29, 0.717) is 18.4 Å². The minimum atomic E-state index is 0.0108. The van der Waals surface area contributed by atoms with Crippen LogP contribution in [0.3, 0.4) is 0 Å². The van der Waals surface area contributed by atoms with Gasteiger partial charge < -0.3 is 14.8 Å². The molecule has 3 rings (SSSR count). The predicted molar refractivity (Wildman–Crippen MR) is 79.9 cm³/mol. The van der Waals surface area contributed by atoms with Gasteiger partial charge in [0.05, 0.1) is 6.61 Å². The molecule has 0 saturated carbocycles. The zero-order chi connectivity index (χ0) is 14.5. The molecule has 5 nitrogen and oxygen atoms in total. The van der Waals surface area contributed by atoms with Crippen molar-refractivity contribution in [3.8, 4) is 0 Å². The quantitative estimate of drug-likeness (QED) is 0.836. The van der Waals surface area contributed by atoms with E-state index < -0.39 is 0 Å². The van der Waals surface area contributed by atoms with Crippen molar-refractivity contribution in [3.05, 3.63) is 0 Å². The predicted octanol–water partition coefficient (Wildman–Crippen LogP) is 1.52. The maximum Gasteiger partial charge on any atom is 0.220 e. The molecule has 0 spiro atoms. The lowest BCUT2D eigenvalue weighted by atomic mass is 9.89. The third-order valence-electron chi connectivity index (χ3n) is 5.04. The minimum Gasteiger partial charge on any atom is -0.356 e. The molecule has 0 radical (unpaired) electrons. The highest BCUT2D eigenvalue weighted by Crippen LogP contribution is 2.27. The zero-order valence-corrected chi connectivity index (χ0v) is 12.9. The Hall–Kier alpha value is -0.650. The molecule has 3 heterocycles. The van der Waals surface area contributed by atoms with Crippen LogP contribution in [0.25, 0.3) is 0 Å². The summed E-state index contributed by atoms with van der Waals surface area (Å²) in [6.07, 6.45) is 7.90. The van der Waals surface area contributed by atoms with Crippen LogP contribution in [0.2, 0.25) is 0 Å². The third kappa shape index (κ3) is 4.18. The molecule has 0 aromatic heterocycles. The fourth-order valence-electron chi connectivity index (χ4n) is 3.87. The highest BCUT2D eigenvalue weighted by atomic mass is 16.7. The first-order chi connectivity index (χ1) is 10.3. The number of carbonyl (C=O) groups is 1. The Morgan fingerprint density at radius 1 is 1.24 bits per heavy atom. The number of hydrogen-bond donors (Lipinski definition) is 1. The Morgan fingerprint density at radius 3 is 2.90 bits per heavy atom. The Balaban J connectivity index is 1.44. The second-order valence-electron chi connectivity index (χ2n) is 6.53. The monoisotopic (exact) mass is 296 g/mol. The molecular weight excluding hydrogens is 268 g/mol. The van der Waals surface area contributed by atoms with Crippen molar-refractivity contribution in [1.82, 2.24) is 10.2 Å². The van der Waals surface area contributed by atoms with Crippen molar-refractivity contribution in [2.45, 2.75) is 57.3 Å². The number of nitrogens with one attached hydrogen (secondary N) is 1. The SMILES string of the molecule is O=C1C[C@H]([C@@H]2CCCCN2CCO[C@H]2CCCCO2)CN1. The van der Waals surface area contributed by atoms with Gasteiger partial charge in [-0.2, -0.15) is 0 Å². The molecule has 1 N–H and O–H groups in total. The normalized spacial score (nSPS) is 34.9. The number of carbonyl (C=O) groups excluding carboxylic acids is 1. The number of likely N-dealkylation sites (tertiary alicyclic amines) is 1. The summed E-state index contributed by atoms with van der Waals surface area (Å²) >= 11 is 0. The Bertz CT molecular complexity index is 344. The van der Waals surface area contributed by atoms with Crippen LogP contribution in [0.1, 0.15) is 44.9 Å². The van der Waals surface area contributed by atoms with E-state index in [-0.39, 0.29) is 12.2 Å². The summed E-state index contributed by atoms with van der Waals surface area (Å²) in [4.78, 5) is 14.0. The van der Waals surface area contributed by atoms with Gasteiger partial charge in [0, 0.05) is 38.1 Å². The molecule has 3 saturated heterocycles. The number of amides is 1. The number of hydrogen-bond acceptors (Lipinski definition) is 4. The summed E-state index contributed by atoms with van der Waals surface area (Å²) in [5.41, 5.74) is 0. The lowest BCUT2D eigenvalue weighted by molar-refractivity contribution is -0.165. The Kier molecular flexibility index (Phi) is 5.49. The van der Waals surface area contributed by atoms with E-state index in [9.17, 15) is 4.79 Å². The van der Waals surface area contributed by atoms with E-state index in [2.05, 4.69) is 10.2 Å². The van der Waals surface area contributed by atoms with Crippen LogP contribution >= 0.6 is 0 Å². The van der Waals surface area contributed by atoms with Gasteiger partial charge in [-0.05, 0) is 38.6 Å². The lowest BCUT2D eigenvalue weighted by Crippen LogP contribution is -2.46. The second kappa shape index (κ2) is 7.56. The molecule has 3 atom stereocenters. The van der Waals surface area contributed by atoms with Gasteiger partial charge in [0.25, 0.3) is 0 Å². The first-order valence-corrected chi connectivity index (χ1v) is 8.57. The van der Waals surface area contributed by atoms with Crippen molar-refractivity contribution in [1.29, 1.82) is 0 Å². The van der Waals surface area contributed by atoms with Gasteiger partial charge in [-0.15, -0.1) is 0 Å². The van der Waals surface area contributed by atoms with Gasteiger partial charge in [0.2, 0.25) is 5.91 Å². The van der Waals surface area contributed by atoms with Crippen molar-refractivity contribution < 1.29 is 14.3 Å². The van der Waals surface area contributed by atoms with Gasteiger partial charge in [0.15, 0.2) is 6.29 Å². The van der Waals surface area contributed by atoms with E-state index in [1.807, 2.05) is 0 Å². The van der Waals surface area contributed by atoms with Crippen LogP contribution in [0.4, 0.5) is 0 Å². The van der Waals surface area contributed by atoms with Gasteiger partial charge in [-0.1, -0.05) is 6.42 Å². The van der Waals surface area contributed by atoms with Crippen LogP contribution in [0, 0.1) is 5.92 Å². The average Bonchev–Trinajstić information content (AvgIpc) is 2.95. The van der Waals surface area contributed by atoms with Crippen LogP contribution in [-0.4, -0.2) is 56.0 Å². The molecule has 3 aliphatic heterocycles. The summed E-state index contributed by atoms with van der Waals surface area (Å²) in [6, 6.07) is 0.550. The van der Waals surface area contributed by atoms with E-state index in [0.717, 1.165) is 45.7 Å². The van der Waals surface area contributed by atoms with Crippen LogP contribution in [0.5, 0.6) is 0 Å². The fourth-order valence-corrected chi connectivity index (χ4v) is 3.87. The average molecular weight is 296 g/mol. The van der Waals surface area contributed by atoms with Gasteiger partial charge >= 0.3 is 0 Å². The van der Waals surface area contributed by atoms with Crippen LogP contribution in [-0.2, 0) is 14.3 Å². The molecule has 0 aromatic carbocycles. The summed E-state index contributed by atoms with van der Waals surface area (Å²) in [5, 5.41) is 2.98. The molecule has 120 valence electrons. The number of piperidine rings is 1. The standard InChI is InChI=1S/C16H28N2O3/c19-15-11-13(12-17-15)14-5-1-3-7-18(14)8-10-21-16-6-2-4-9-20-16/h13-14,16H,1-12H2,(H,17,19)/t13-,14-,16-/m0/s1. The first kappa shape index (κ1) is 15.3. The Labute approximate surface area is 127 Å². The minimum absolute atomic E-state index is 0.0108. The van der Waals surface area contributed by atoms with E-state index >= 15 is 0 Å². The van der Waals surface area contributed by atoms with E-state index in [1.165, 1.54) is 25.7 Å². The van der Waals surface area contributed by atoms with Crippen molar-refractivity contribution in [2.24, 2.45) is 5.92 Å². The smallest absolute Gasteiger partial charge is 0.220 e. The number of rotatable bonds is 5. The molecule has 0 bridgehead atoms. The summed E-state index contributed by atoms with van der Waals surface area (Å²) < 4.78 is 11.5. The van der Waals surface area contributed by atoms with Gasteiger partial charge in [0.1, 0.15) is 0 Å². The summed E-state index contributed by atoms with van der Waals surface area (Å²) in [6.45, 7) is 4.55. The molecular formula is C16H28N2O3. The van der Waals surface area contributed by atoms with E-state index in [1.54, 1.807) is 0 Å². The molecule has 0 unspecified atom stereocenters. The van der Waals surface area contributed by atoms with Gasteiger partial charge in [-0.25, -0.2) is 0 Å². The fraction of sp³-hybridized carbons (Fsp3) is 0.938. The molecule has 1 amide bonds. The molecule has 21 heavy (non-hydrogen) atoms. The van der Waals surface area contributed by atoms with Crippen molar-refractivity contribution >= 4 is 5.91 Å². The molecule has 0 aliphatic carbocycles. The van der Waals surface area contributed by atoms with Crippen LogP contribution in [0.15, 0.2) is 0 Å². The van der Waals surface area contributed by atoms with E-state index in [4.69, 9.17) is 9.47 Å². The lowest BCUT2D eigenvalue weighted by Gasteiger charge is -2.39. The highest BCUT2D eigenvalue weighted by Gasteiger charge is 2.34. The largest absolute Gasteiger partial charge is 0.356 e. The molecule has 3 aliphatic rings. The van der Waals surface area contributed by atoms with Crippen molar-refractivity contribution in [3.63, 3.8) is 0 Å². The summed E-state index contributed by atoms with van der Waals surface area (Å²) in [5.74, 6) is 0.709. The van der Waals surface area contributed by atoms with Crippen LogP contribution < -0.4 is 5.32 Å². The van der Waals surface area contributed by atoms with Gasteiger partial charge in [-0.3, -0.25) is 9.69 Å². The first-order valence-electron chi connectivity index (χ1n) is 8.57. The molecule has 5 heteroatoms. The third-order valence-corrected chi connectivity index (χ3v) is 5.04. The second-order valence-corrected chi connectivity index (χ2v) is 6.53. The molecule has 3 fully saturated rings. The maximum atomic E-state index is 11.5. The number of nitrogens with zero attached hydrogens (tertiary/aromatic N) is 1. The Morgan fingerprint density at radius 2 is 2.14 bits per heavy atom. The molecule has 0 aromatic rings. The maximum absolute atomic E-state index is 11.5. The number of ether oxygens (including phenoxy) is 2. The van der Waals surface area contributed by atoms with Crippen molar-refractivity contribution in [2.75, 3.05) is 32.8 Å².